The van der Waals surface area contributed by atoms with E-state index in [4.69, 9.17) is 0 Å². The van der Waals surface area contributed by atoms with Crippen LogP contribution >= 0.6 is 31.9 Å². The average molecular weight is 678 g/mol. The first-order chi connectivity index (χ1) is 20.4. The molecule has 42 heavy (non-hydrogen) atoms. The Kier molecular flexibility index (Phi) is 9.51. The molecule has 0 spiro atoms. The number of benzene rings is 6. The highest BCUT2D eigenvalue weighted by atomic mass is 79.9. The lowest BCUT2D eigenvalue weighted by Gasteiger charge is -2.30. The third kappa shape index (κ3) is 6.33. The van der Waals surface area contributed by atoms with E-state index in [-0.39, 0.29) is 0 Å². The van der Waals surface area contributed by atoms with Crippen molar-refractivity contribution in [1.82, 2.24) is 0 Å². The Bertz CT molecular complexity index is 1460. The number of aliphatic hydroxyl groups is 2. The highest BCUT2D eigenvalue weighted by Gasteiger charge is 2.34. The van der Waals surface area contributed by atoms with E-state index in [1.807, 2.05) is 170 Å². The molecule has 0 aliphatic carbocycles. The van der Waals surface area contributed by atoms with Crippen LogP contribution in [0.5, 0.6) is 0 Å². The lowest BCUT2D eigenvalue weighted by atomic mass is 9.80. The quantitative estimate of drug-likeness (QED) is 0.173. The van der Waals surface area contributed by atoms with Crippen LogP contribution in [-0.4, -0.2) is 10.2 Å². The second-order valence-electron chi connectivity index (χ2n) is 9.90. The molecule has 0 unspecified atom stereocenters. The van der Waals surface area contributed by atoms with Crippen molar-refractivity contribution in [2.24, 2.45) is 0 Å². The Morgan fingerprint density at radius 2 is 0.476 bits per heavy atom. The van der Waals surface area contributed by atoms with Gasteiger partial charge in [0.25, 0.3) is 0 Å². The third-order valence-corrected chi connectivity index (χ3v) is 8.35. The fourth-order valence-electron chi connectivity index (χ4n) is 5.10. The summed E-state index contributed by atoms with van der Waals surface area (Å²) in [5, 5.41) is 23.0. The van der Waals surface area contributed by atoms with Crippen molar-refractivity contribution >= 4 is 31.9 Å². The summed E-state index contributed by atoms with van der Waals surface area (Å²) in [6.07, 6.45) is 0. The average Bonchev–Trinajstić information content (AvgIpc) is 3.06. The largest absolute Gasteiger partial charge is 0.376 e. The number of rotatable bonds is 6. The summed E-state index contributed by atoms with van der Waals surface area (Å²) in [7, 11) is 0. The molecular weight excluding hydrogens is 648 g/mol. The van der Waals surface area contributed by atoms with Gasteiger partial charge in [-0.1, -0.05) is 177 Å². The molecule has 208 valence electrons. The van der Waals surface area contributed by atoms with Crippen LogP contribution in [-0.2, 0) is 11.2 Å². The highest BCUT2D eigenvalue weighted by Crippen LogP contribution is 2.38. The molecule has 0 saturated carbocycles. The zero-order chi connectivity index (χ0) is 29.4. The van der Waals surface area contributed by atoms with Crippen molar-refractivity contribution in [3.05, 3.63) is 212 Å². The Morgan fingerprint density at radius 3 is 0.690 bits per heavy atom. The van der Waals surface area contributed by atoms with Crippen LogP contribution in [0.1, 0.15) is 33.4 Å². The van der Waals surface area contributed by atoms with E-state index in [1.165, 1.54) is 0 Å². The predicted octanol–water partition coefficient (Wildman–Crippen LogP) is 9.47. The Balaban J connectivity index is 0.000000168. The normalized spacial score (nSPS) is 11.3. The predicted molar refractivity (Wildman–Crippen MR) is 178 cm³/mol. The first-order valence-corrected chi connectivity index (χ1v) is 15.2. The third-order valence-electron chi connectivity index (χ3n) is 7.29. The minimum atomic E-state index is -1.15. The van der Waals surface area contributed by atoms with Gasteiger partial charge in [-0.25, -0.2) is 0 Å². The Labute approximate surface area is 264 Å². The molecule has 4 heteroatoms. The summed E-state index contributed by atoms with van der Waals surface area (Å²) < 4.78 is 1.99. The molecule has 0 aliphatic heterocycles. The summed E-state index contributed by atoms with van der Waals surface area (Å²) in [5.74, 6) is 0. The molecule has 0 aliphatic rings. The molecule has 0 amide bonds. The minimum absolute atomic E-state index is 0.850. The highest BCUT2D eigenvalue weighted by molar-refractivity contribution is 9.10. The fourth-order valence-corrected chi connectivity index (χ4v) is 5.63. The lowest BCUT2D eigenvalue weighted by molar-refractivity contribution is 0.125. The molecule has 0 radical (unpaired) electrons. The Hall–Kier alpha value is -3.80. The first-order valence-electron chi connectivity index (χ1n) is 13.6. The van der Waals surface area contributed by atoms with E-state index < -0.39 is 11.2 Å². The molecule has 0 saturated heterocycles. The summed E-state index contributed by atoms with van der Waals surface area (Å²) in [6.45, 7) is 0. The Morgan fingerprint density at radius 1 is 0.286 bits per heavy atom. The summed E-state index contributed by atoms with van der Waals surface area (Å²) in [4.78, 5) is 0. The van der Waals surface area contributed by atoms with Gasteiger partial charge in [0.1, 0.15) is 11.2 Å². The summed E-state index contributed by atoms with van der Waals surface area (Å²) in [6, 6.07) is 54.6. The van der Waals surface area contributed by atoms with Crippen LogP contribution < -0.4 is 0 Å². The topological polar surface area (TPSA) is 40.5 Å². The van der Waals surface area contributed by atoms with E-state index in [2.05, 4.69) is 31.9 Å². The number of hydrogen-bond acceptors (Lipinski definition) is 2. The monoisotopic (exact) mass is 676 g/mol. The number of hydrogen-bond donors (Lipinski definition) is 2. The van der Waals surface area contributed by atoms with Crippen LogP contribution in [0.2, 0.25) is 0 Å². The smallest absolute Gasteiger partial charge is 0.140 e. The molecule has 0 atom stereocenters. The van der Waals surface area contributed by atoms with Crippen molar-refractivity contribution in [3.8, 4) is 0 Å². The van der Waals surface area contributed by atoms with E-state index >= 15 is 0 Å². The van der Waals surface area contributed by atoms with Crippen molar-refractivity contribution in [3.63, 3.8) is 0 Å². The number of halogens is 2. The minimum Gasteiger partial charge on any atom is -0.376 e. The second-order valence-corrected chi connectivity index (χ2v) is 11.7. The fraction of sp³-hybridized carbons (Fsp3) is 0.0526. The molecule has 0 aromatic heterocycles. The van der Waals surface area contributed by atoms with Gasteiger partial charge >= 0.3 is 0 Å². The van der Waals surface area contributed by atoms with Gasteiger partial charge in [-0.05, 0) is 57.6 Å². The van der Waals surface area contributed by atoms with Crippen LogP contribution in [0.15, 0.2) is 179 Å². The molecule has 0 heterocycles. The molecule has 2 nitrogen and oxygen atoms in total. The molecule has 6 rings (SSSR count). The van der Waals surface area contributed by atoms with Gasteiger partial charge in [0.15, 0.2) is 0 Å². The van der Waals surface area contributed by atoms with Crippen LogP contribution in [0.3, 0.4) is 0 Å². The SMILES string of the molecule is OC(c1ccccc1)(c1ccccc1)c1ccc(Br)cc1.OC(c1ccccc1)(c1ccccc1)c1ccc(Br)cc1. The van der Waals surface area contributed by atoms with Crippen molar-refractivity contribution in [2.75, 3.05) is 0 Å². The first kappa shape index (κ1) is 29.7. The summed E-state index contributed by atoms with van der Waals surface area (Å²) in [5.41, 5.74) is 2.84. The van der Waals surface area contributed by atoms with Gasteiger partial charge in [-0.2, -0.15) is 0 Å². The van der Waals surface area contributed by atoms with E-state index in [1.54, 1.807) is 0 Å². The molecule has 2 N–H and O–H groups in total. The van der Waals surface area contributed by atoms with Gasteiger partial charge in [0.2, 0.25) is 0 Å². The van der Waals surface area contributed by atoms with Gasteiger partial charge in [0, 0.05) is 8.95 Å². The zero-order valence-corrected chi connectivity index (χ0v) is 26.0. The molecule has 6 aromatic rings. The molecular formula is C38H30Br2O2. The van der Waals surface area contributed by atoms with Crippen molar-refractivity contribution in [2.45, 2.75) is 11.2 Å². The van der Waals surface area contributed by atoms with Crippen LogP contribution in [0, 0.1) is 0 Å². The van der Waals surface area contributed by atoms with Gasteiger partial charge in [0.05, 0.1) is 0 Å². The van der Waals surface area contributed by atoms with Gasteiger partial charge in [-0.15, -0.1) is 0 Å². The lowest BCUT2D eigenvalue weighted by Crippen LogP contribution is -2.28. The zero-order valence-electron chi connectivity index (χ0n) is 22.8. The molecule has 0 bridgehead atoms. The van der Waals surface area contributed by atoms with E-state index in [0.29, 0.717) is 0 Å². The van der Waals surface area contributed by atoms with Crippen LogP contribution in [0.25, 0.3) is 0 Å². The van der Waals surface area contributed by atoms with Crippen molar-refractivity contribution in [1.29, 1.82) is 0 Å². The maximum Gasteiger partial charge on any atom is 0.140 e. The maximum atomic E-state index is 11.5. The van der Waals surface area contributed by atoms with Crippen molar-refractivity contribution < 1.29 is 10.2 Å². The van der Waals surface area contributed by atoms with E-state index in [9.17, 15) is 10.2 Å². The maximum absolute atomic E-state index is 11.5. The molecule has 0 fully saturated rings. The van der Waals surface area contributed by atoms with Gasteiger partial charge in [-0.3, -0.25) is 0 Å². The summed E-state index contributed by atoms with van der Waals surface area (Å²) >= 11 is 6.89. The molecule has 6 aromatic carbocycles. The van der Waals surface area contributed by atoms with E-state index in [0.717, 1.165) is 42.3 Å². The van der Waals surface area contributed by atoms with Gasteiger partial charge < -0.3 is 10.2 Å². The standard InChI is InChI=1S/2C19H15BrO/c2*20-18-13-11-17(12-14-18)19(21,15-7-3-1-4-8-15)16-9-5-2-6-10-16/h2*1-14,21H. The second kappa shape index (κ2) is 13.5. The van der Waals surface area contributed by atoms with Crippen LogP contribution in [0.4, 0.5) is 0 Å².